The van der Waals surface area contributed by atoms with Crippen LogP contribution in [0, 0.1) is 5.92 Å². The molecular weight excluding hydrogens is 362 g/mol. The van der Waals surface area contributed by atoms with Crippen molar-refractivity contribution in [2.45, 2.75) is 70.0 Å². The number of amides is 1. The lowest BCUT2D eigenvalue weighted by atomic mass is 9.85. The van der Waals surface area contributed by atoms with Crippen molar-refractivity contribution >= 4 is 28.3 Å². The van der Waals surface area contributed by atoms with Gasteiger partial charge in [0, 0.05) is 32.2 Å². The van der Waals surface area contributed by atoms with E-state index in [-0.39, 0.29) is 36.2 Å². The Labute approximate surface area is 158 Å². The van der Waals surface area contributed by atoms with Crippen molar-refractivity contribution in [3.63, 3.8) is 0 Å². The van der Waals surface area contributed by atoms with Gasteiger partial charge < -0.3 is 10.2 Å². The van der Waals surface area contributed by atoms with Crippen LogP contribution in [0.15, 0.2) is 0 Å². The van der Waals surface area contributed by atoms with E-state index in [9.17, 15) is 13.2 Å². The largest absolute Gasteiger partial charge is 0.341 e. The maximum atomic E-state index is 12.8. The summed E-state index contributed by atoms with van der Waals surface area (Å²) < 4.78 is 25.5. The molecule has 0 radical (unpaired) electrons. The fraction of sp³-hybridized carbons (Fsp3) is 0.941. The Morgan fingerprint density at radius 3 is 2.40 bits per heavy atom. The topological polar surface area (TPSA) is 69.7 Å². The van der Waals surface area contributed by atoms with Crippen LogP contribution in [0.25, 0.3) is 0 Å². The molecule has 0 aromatic heterocycles. The number of hydrogen-bond donors (Lipinski definition) is 1. The van der Waals surface area contributed by atoms with Crippen molar-refractivity contribution in [2.24, 2.45) is 5.92 Å². The Balaban J connectivity index is 0.00000225. The highest BCUT2D eigenvalue weighted by Crippen LogP contribution is 2.34. The lowest BCUT2D eigenvalue weighted by Gasteiger charge is -2.37. The third-order valence-electron chi connectivity index (χ3n) is 6.25. The van der Waals surface area contributed by atoms with Gasteiger partial charge in [-0.05, 0) is 44.9 Å². The molecule has 2 heterocycles. The van der Waals surface area contributed by atoms with E-state index in [1.165, 1.54) is 30.0 Å². The van der Waals surface area contributed by atoms with E-state index in [1.54, 1.807) is 14.0 Å². The Hall–Kier alpha value is -0.370. The van der Waals surface area contributed by atoms with Crippen molar-refractivity contribution < 1.29 is 13.2 Å². The van der Waals surface area contributed by atoms with E-state index >= 15 is 0 Å². The molecule has 1 N–H and O–H groups in total. The van der Waals surface area contributed by atoms with Crippen molar-refractivity contribution in [1.82, 2.24) is 14.5 Å². The van der Waals surface area contributed by atoms with Gasteiger partial charge in [0.15, 0.2) is 0 Å². The highest BCUT2D eigenvalue weighted by atomic mass is 35.5. The third-order valence-corrected chi connectivity index (χ3v) is 8.16. The molecule has 3 atom stereocenters. The third kappa shape index (κ3) is 4.49. The van der Waals surface area contributed by atoms with Crippen molar-refractivity contribution in [2.75, 3.05) is 25.9 Å². The maximum absolute atomic E-state index is 12.8. The lowest BCUT2D eigenvalue weighted by Crippen LogP contribution is -2.51. The van der Waals surface area contributed by atoms with Gasteiger partial charge in [-0.3, -0.25) is 4.79 Å². The SMILES string of the molecule is CCS(=O)(=O)N(C)C1CCN(C(=O)C2CC3CCCCC3N2)CC1.Cl. The summed E-state index contributed by atoms with van der Waals surface area (Å²) in [6.07, 6.45) is 7.49. The summed E-state index contributed by atoms with van der Waals surface area (Å²) in [5, 5.41) is 3.56. The molecule has 0 aromatic carbocycles. The van der Waals surface area contributed by atoms with E-state index in [0.717, 1.165) is 19.3 Å². The average molecular weight is 394 g/mol. The number of hydrogen-bond acceptors (Lipinski definition) is 4. The van der Waals surface area contributed by atoms with E-state index in [2.05, 4.69) is 5.32 Å². The number of piperidine rings is 1. The van der Waals surface area contributed by atoms with E-state index < -0.39 is 10.0 Å². The molecule has 2 aliphatic heterocycles. The minimum atomic E-state index is -3.15. The van der Waals surface area contributed by atoms with Crippen LogP contribution in [0.1, 0.15) is 51.9 Å². The van der Waals surface area contributed by atoms with Crippen LogP contribution >= 0.6 is 12.4 Å². The number of rotatable bonds is 4. The summed E-state index contributed by atoms with van der Waals surface area (Å²) >= 11 is 0. The van der Waals surface area contributed by atoms with Crippen LogP contribution in [0.5, 0.6) is 0 Å². The zero-order valence-corrected chi connectivity index (χ0v) is 16.9. The number of sulfonamides is 1. The van der Waals surface area contributed by atoms with Crippen LogP contribution in [0.4, 0.5) is 0 Å². The summed E-state index contributed by atoms with van der Waals surface area (Å²) in [5.74, 6) is 1.03. The molecule has 3 rings (SSSR count). The molecule has 1 amide bonds. The normalized spacial score (nSPS) is 30.8. The Bertz CT molecular complexity index is 549. The molecule has 3 aliphatic rings. The van der Waals surface area contributed by atoms with Gasteiger partial charge in [-0.15, -0.1) is 12.4 Å². The highest BCUT2D eigenvalue weighted by Gasteiger charge is 2.40. The fourth-order valence-corrected chi connectivity index (χ4v) is 5.68. The van der Waals surface area contributed by atoms with Gasteiger partial charge in [0.1, 0.15) is 0 Å². The van der Waals surface area contributed by atoms with Gasteiger partial charge in [0.25, 0.3) is 0 Å². The first-order valence-electron chi connectivity index (χ1n) is 9.43. The summed E-state index contributed by atoms with van der Waals surface area (Å²) in [6, 6.07) is 0.538. The molecule has 146 valence electrons. The minimum Gasteiger partial charge on any atom is -0.341 e. The van der Waals surface area contributed by atoms with Gasteiger partial charge in [-0.1, -0.05) is 12.8 Å². The maximum Gasteiger partial charge on any atom is 0.239 e. The minimum absolute atomic E-state index is 0. The van der Waals surface area contributed by atoms with Gasteiger partial charge in [0.05, 0.1) is 11.8 Å². The molecule has 0 aromatic rings. The lowest BCUT2D eigenvalue weighted by molar-refractivity contribution is -0.134. The monoisotopic (exact) mass is 393 g/mol. The van der Waals surface area contributed by atoms with E-state index in [0.29, 0.717) is 25.0 Å². The molecule has 1 aliphatic carbocycles. The molecule has 0 bridgehead atoms. The first-order valence-corrected chi connectivity index (χ1v) is 11.0. The van der Waals surface area contributed by atoms with Gasteiger partial charge >= 0.3 is 0 Å². The second-order valence-electron chi connectivity index (χ2n) is 7.58. The number of halogens is 1. The van der Waals surface area contributed by atoms with Crippen molar-refractivity contribution in [1.29, 1.82) is 0 Å². The van der Waals surface area contributed by atoms with Crippen LogP contribution in [-0.4, -0.2) is 67.5 Å². The number of carbonyl (C=O) groups is 1. The summed E-state index contributed by atoms with van der Waals surface area (Å²) in [7, 11) is -1.48. The van der Waals surface area contributed by atoms with Crippen LogP contribution in [-0.2, 0) is 14.8 Å². The summed E-state index contributed by atoms with van der Waals surface area (Å²) in [6.45, 7) is 3.01. The molecular formula is C17H32ClN3O3S. The number of nitrogens with one attached hydrogen (secondary N) is 1. The average Bonchev–Trinajstić information content (AvgIpc) is 3.04. The standard InChI is InChI=1S/C17H31N3O3S.ClH/c1-3-24(22,23)19(2)14-8-10-20(11-9-14)17(21)16-12-13-6-4-5-7-15(13)18-16;/h13-16,18H,3-12H2,1-2H3;1H. The molecule has 25 heavy (non-hydrogen) atoms. The van der Waals surface area contributed by atoms with Crippen molar-refractivity contribution in [3.8, 4) is 0 Å². The van der Waals surface area contributed by atoms with Gasteiger partial charge in [0.2, 0.25) is 15.9 Å². The van der Waals surface area contributed by atoms with Crippen LogP contribution in [0.2, 0.25) is 0 Å². The Morgan fingerprint density at radius 1 is 1.16 bits per heavy atom. The summed E-state index contributed by atoms with van der Waals surface area (Å²) in [4.78, 5) is 14.7. The zero-order chi connectivity index (χ0) is 17.3. The Morgan fingerprint density at radius 2 is 1.80 bits per heavy atom. The van der Waals surface area contributed by atoms with E-state index in [1.807, 2.05) is 4.90 Å². The smallest absolute Gasteiger partial charge is 0.239 e. The number of carbonyl (C=O) groups excluding carboxylic acids is 1. The molecule has 6 nitrogen and oxygen atoms in total. The first kappa shape index (κ1) is 20.9. The van der Waals surface area contributed by atoms with E-state index in [4.69, 9.17) is 0 Å². The molecule has 3 fully saturated rings. The van der Waals surface area contributed by atoms with Crippen LogP contribution in [0.3, 0.4) is 0 Å². The highest BCUT2D eigenvalue weighted by molar-refractivity contribution is 7.89. The Kier molecular flexibility index (Phi) is 7.16. The second kappa shape index (κ2) is 8.55. The number of nitrogens with zero attached hydrogens (tertiary/aromatic N) is 2. The fourth-order valence-electron chi connectivity index (χ4n) is 4.61. The van der Waals surface area contributed by atoms with Gasteiger partial charge in [-0.25, -0.2) is 12.7 Å². The summed E-state index contributed by atoms with van der Waals surface area (Å²) in [5.41, 5.74) is 0. The molecule has 3 unspecified atom stereocenters. The molecule has 1 saturated carbocycles. The molecule has 8 heteroatoms. The van der Waals surface area contributed by atoms with Crippen molar-refractivity contribution in [3.05, 3.63) is 0 Å². The van der Waals surface area contributed by atoms with Crippen LogP contribution < -0.4 is 5.32 Å². The predicted octanol–water partition coefficient (Wildman–Crippen LogP) is 1.60. The van der Waals surface area contributed by atoms with Gasteiger partial charge in [-0.2, -0.15) is 0 Å². The molecule has 2 saturated heterocycles. The number of fused-ring (bicyclic) bond motifs is 1. The second-order valence-corrected chi connectivity index (χ2v) is 9.90. The number of likely N-dealkylation sites (tertiary alicyclic amines) is 1. The quantitative estimate of drug-likeness (QED) is 0.787. The predicted molar refractivity (Wildman–Crippen MR) is 101 cm³/mol. The zero-order valence-electron chi connectivity index (χ0n) is 15.3. The molecule has 0 spiro atoms. The first-order chi connectivity index (χ1) is 11.4.